The van der Waals surface area contributed by atoms with Crippen LogP contribution in [-0.4, -0.2) is 37.7 Å². The molecule has 0 aliphatic heterocycles. The van der Waals surface area contributed by atoms with Crippen molar-refractivity contribution in [1.82, 2.24) is 4.98 Å². The number of nitrogens with zero attached hydrogens (tertiary/aromatic N) is 1. The van der Waals surface area contributed by atoms with Gasteiger partial charge in [-0.05, 0) is 54.4 Å². The molecular formula is C29H34N2O5. The van der Waals surface area contributed by atoms with Gasteiger partial charge in [0.1, 0.15) is 11.5 Å². The number of ether oxygens (including phenoxy) is 3. The van der Waals surface area contributed by atoms with E-state index < -0.39 is 18.5 Å². The van der Waals surface area contributed by atoms with Crippen molar-refractivity contribution in [1.29, 1.82) is 0 Å². The van der Waals surface area contributed by atoms with Gasteiger partial charge in [0.05, 0.1) is 31.0 Å². The van der Waals surface area contributed by atoms with Gasteiger partial charge in [-0.25, -0.2) is 4.79 Å². The molecule has 1 aromatic heterocycles. The van der Waals surface area contributed by atoms with Gasteiger partial charge in [-0.3, -0.25) is 9.78 Å². The van der Waals surface area contributed by atoms with Crippen LogP contribution in [0.3, 0.4) is 0 Å². The van der Waals surface area contributed by atoms with E-state index in [1.54, 1.807) is 25.3 Å². The maximum atomic E-state index is 13.5. The molecule has 7 heteroatoms. The molecule has 2 aromatic carbocycles. The van der Waals surface area contributed by atoms with Crippen LogP contribution in [0.5, 0.6) is 11.5 Å². The van der Waals surface area contributed by atoms with Gasteiger partial charge in [0.2, 0.25) is 0 Å². The largest absolute Gasteiger partial charge is 0.497 e. The molecule has 0 bridgehead atoms. The van der Waals surface area contributed by atoms with Crippen molar-refractivity contribution in [3.8, 4) is 11.5 Å². The highest BCUT2D eigenvalue weighted by molar-refractivity contribution is 6.06. The second kappa shape index (κ2) is 10.6. The number of rotatable bonds is 8. The molecule has 1 aliphatic rings. The molecule has 1 unspecified atom stereocenters. The SMILES string of the molecule is CCC(C)(C)C1CCc2nc3ccccc3c(C(=O)OCC(=O)Nc3cc(OC)ccc3OC)c2C1. The number of anilines is 1. The second-order valence-corrected chi connectivity index (χ2v) is 9.90. The smallest absolute Gasteiger partial charge is 0.339 e. The highest BCUT2D eigenvalue weighted by atomic mass is 16.5. The zero-order valence-electron chi connectivity index (χ0n) is 21.6. The van der Waals surface area contributed by atoms with E-state index >= 15 is 0 Å². The zero-order chi connectivity index (χ0) is 25.9. The summed E-state index contributed by atoms with van der Waals surface area (Å²) in [6, 6.07) is 12.7. The molecule has 0 saturated heterocycles. The number of esters is 1. The average molecular weight is 491 g/mol. The predicted molar refractivity (Wildman–Crippen MR) is 140 cm³/mol. The van der Waals surface area contributed by atoms with Crippen LogP contribution in [0.1, 0.15) is 55.2 Å². The number of aromatic nitrogens is 1. The molecule has 1 aliphatic carbocycles. The number of para-hydroxylation sites is 1. The van der Waals surface area contributed by atoms with Crippen LogP contribution in [0.2, 0.25) is 0 Å². The van der Waals surface area contributed by atoms with Crippen LogP contribution in [0.4, 0.5) is 5.69 Å². The zero-order valence-corrected chi connectivity index (χ0v) is 21.6. The molecule has 190 valence electrons. The van der Waals surface area contributed by atoms with E-state index in [1.807, 2.05) is 24.3 Å². The standard InChI is InChI=1S/C29H34N2O5/c1-6-29(2,3)18-11-13-23-21(15-18)27(20-9-7-8-10-22(20)30-23)28(33)36-17-26(32)31-24-16-19(34-4)12-14-25(24)35-5/h7-10,12,14,16,18H,6,11,13,15,17H2,1-5H3,(H,31,32). The molecule has 0 saturated carbocycles. The number of hydrogen-bond acceptors (Lipinski definition) is 6. The van der Waals surface area contributed by atoms with E-state index in [4.69, 9.17) is 19.2 Å². The lowest BCUT2D eigenvalue weighted by atomic mass is 9.68. The van der Waals surface area contributed by atoms with Crippen LogP contribution in [-0.2, 0) is 22.4 Å². The minimum Gasteiger partial charge on any atom is -0.497 e. The van der Waals surface area contributed by atoms with Gasteiger partial charge >= 0.3 is 5.97 Å². The molecule has 1 amide bonds. The van der Waals surface area contributed by atoms with E-state index in [9.17, 15) is 9.59 Å². The fourth-order valence-corrected chi connectivity index (χ4v) is 4.88. The van der Waals surface area contributed by atoms with Gasteiger partial charge in [-0.15, -0.1) is 0 Å². The number of carbonyl (C=O) groups excluding carboxylic acids is 2. The van der Waals surface area contributed by atoms with E-state index in [1.165, 1.54) is 7.11 Å². The molecule has 36 heavy (non-hydrogen) atoms. The van der Waals surface area contributed by atoms with Gasteiger partial charge in [0.15, 0.2) is 6.61 Å². The molecule has 0 spiro atoms. The van der Waals surface area contributed by atoms with Crippen molar-refractivity contribution < 1.29 is 23.8 Å². The van der Waals surface area contributed by atoms with E-state index in [-0.39, 0.29) is 5.41 Å². The fourth-order valence-electron chi connectivity index (χ4n) is 4.88. The molecular weight excluding hydrogens is 456 g/mol. The Labute approximate surface area is 212 Å². The monoisotopic (exact) mass is 490 g/mol. The lowest BCUT2D eigenvalue weighted by Gasteiger charge is -2.37. The maximum absolute atomic E-state index is 13.5. The van der Waals surface area contributed by atoms with Crippen LogP contribution in [0.15, 0.2) is 42.5 Å². The Balaban J connectivity index is 1.59. The molecule has 3 aromatic rings. The first-order valence-electron chi connectivity index (χ1n) is 12.4. The third-order valence-electron chi connectivity index (χ3n) is 7.49. The van der Waals surface area contributed by atoms with E-state index in [0.29, 0.717) is 28.7 Å². The summed E-state index contributed by atoms with van der Waals surface area (Å²) >= 11 is 0. The van der Waals surface area contributed by atoms with E-state index in [0.717, 1.165) is 47.8 Å². The highest BCUT2D eigenvalue weighted by Gasteiger charge is 2.34. The quantitative estimate of drug-likeness (QED) is 0.414. The van der Waals surface area contributed by atoms with Crippen molar-refractivity contribution >= 4 is 28.5 Å². The summed E-state index contributed by atoms with van der Waals surface area (Å²) in [5.41, 5.74) is 3.79. The number of amides is 1. The van der Waals surface area contributed by atoms with Crippen molar-refractivity contribution in [3.63, 3.8) is 0 Å². The Bertz CT molecular complexity index is 1280. The fraction of sp³-hybridized carbons (Fsp3) is 0.414. The van der Waals surface area contributed by atoms with Crippen molar-refractivity contribution in [3.05, 3.63) is 59.3 Å². The summed E-state index contributed by atoms with van der Waals surface area (Å²) in [5, 5.41) is 3.50. The maximum Gasteiger partial charge on any atom is 0.339 e. The Morgan fingerprint density at radius 2 is 1.89 bits per heavy atom. The lowest BCUT2D eigenvalue weighted by Crippen LogP contribution is -2.31. The molecule has 0 fully saturated rings. The van der Waals surface area contributed by atoms with Crippen LogP contribution < -0.4 is 14.8 Å². The number of aryl methyl sites for hydroxylation is 1. The summed E-state index contributed by atoms with van der Waals surface area (Å²) in [7, 11) is 3.06. The van der Waals surface area contributed by atoms with Crippen LogP contribution in [0.25, 0.3) is 10.9 Å². The molecule has 0 radical (unpaired) electrons. The van der Waals surface area contributed by atoms with E-state index in [2.05, 4.69) is 26.1 Å². The van der Waals surface area contributed by atoms with Crippen LogP contribution in [0, 0.1) is 11.3 Å². The topological polar surface area (TPSA) is 86.8 Å². The molecule has 4 rings (SSSR count). The molecule has 7 nitrogen and oxygen atoms in total. The molecule has 1 heterocycles. The minimum atomic E-state index is -0.507. The van der Waals surface area contributed by atoms with Crippen LogP contribution >= 0.6 is 0 Å². The number of nitrogens with one attached hydrogen (secondary N) is 1. The summed E-state index contributed by atoms with van der Waals surface area (Å²) in [6.45, 7) is 6.35. The number of pyridine rings is 1. The first-order chi connectivity index (χ1) is 17.3. The summed E-state index contributed by atoms with van der Waals surface area (Å²) in [4.78, 5) is 31.0. The highest BCUT2D eigenvalue weighted by Crippen LogP contribution is 2.41. The predicted octanol–water partition coefficient (Wildman–Crippen LogP) is 5.59. The van der Waals surface area contributed by atoms with Gasteiger partial charge < -0.3 is 19.5 Å². The second-order valence-electron chi connectivity index (χ2n) is 9.90. The number of hydrogen-bond donors (Lipinski definition) is 1. The number of fused-ring (bicyclic) bond motifs is 2. The van der Waals surface area contributed by atoms with Gasteiger partial charge in [-0.2, -0.15) is 0 Å². The Morgan fingerprint density at radius 3 is 2.61 bits per heavy atom. The van der Waals surface area contributed by atoms with Crippen molar-refractivity contribution in [2.24, 2.45) is 11.3 Å². The Hall–Kier alpha value is -3.61. The Morgan fingerprint density at radius 1 is 1.11 bits per heavy atom. The molecule has 1 atom stereocenters. The molecule has 1 N–H and O–H groups in total. The lowest BCUT2D eigenvalue weighted by molar-refractivity contribution is -0.119. The normalized spacial score (nSPS) is 15.2. The van der Waals surface area contributed by atoms with Crippen molar-refractivity contribution in [2.75, 3.05) is 26.1 Å². The summed E-state index contributed by atoms with van der Waals surface area (Å²) in [6.07, 6.45) is 3.69. The number of methoxy groups -OCH3 is 2. The average Bonchev–Trinajstić information content (AvgIpc) is 2.89. The summed E-state index contributed by atoms with van der Waals surface area (Å²) in [5.74, 6) is 0.518. The van der Waals surface area contributed by atoms with Gasteiger partial charge in [0.25, 0.3) is 5.91 Å². The Kier molecular flexibility index (Phi) is 7.48. The first kappa shape index (κ1) is 25.5. The summed E-state index contributed by atoms with van der Waals surface area (Å²) < 4.78 is 16.1. The van der Waals surface area contributed by atoms with Gasteiger partial charge in [0, 0.05) is 17.1 Å². The number of benzene rings is 2. The first-order valence-corrected chi connectivity index (χ1v) is 12.4. The third kappa shape index (κ3) is 5.15. The van der Waals surface area contributed by atoms with Crippen molar-refractivity contribution in [2.45, 2.75) is 46.5 Å². The third-order valence-corrected chi connectivity index (χ3v) is 7.49. The number of carbonyl (C=O) groups is 2. The van der Waals surface area contributed by atoms with Gasteiger partial charge in [-0.1, -0.05) is 45.4 Å². The minimum absolute atomic E-state index is 0.153.